The first-order valence-electron chi connectivity index (χ1n) is 2.47. The Hall–Kier alpha value is -0.280. The van der Waals surface area contributed by atoms with Gasteiger partial charge in [-0.2, -0.15) is 5.26 Å². The van der Waals surface area contributed by atoms with Gasteiger partial charge in [-0.05, 0) is 13.3 Å². The second-order valence-corrected chi connectivity index (χ2v) is 5.80. The highest BCUT2D eigenvalue weighted by Gasteiger charge is 2.03. The van der Waals surface area contributed by atoms with Gasteiger partial charge in [0.1, 0.15) is 0 Å². The second kappa shape index (κ2) is 2.89. The second-order valence-electron chi connectivity index (χ2n) is 2.21. The highest BCUT2D eigenvalue weighted by molar-refractivity contribution is 7.62. The molecule has 0 unspecified atom stereocenters. The van der Waals surface area contributed by atoms with Gasteiger partial charge in [-0.3, -0.25) is 0 Å². The molecule has 0 aromatic carbocycles. The molecular formula is C5H10NOP. The zero-order valence-corrected chi connectivity index (χ0v) is 6.11. The average Bonchev–Trinajstić information content (AvgIpc) is 1.59. The van der Waals surface area contributed by atoms with Crippen molar-refractivity contribution in [3.8, 4) is 6.07 Å². The molecule has 0 saturated carbocycles. The molecule has 46 valence electrons. The number of rotatable bonds is 2. The molecule has 0 rings (SSSR count). The molecule has 3 heteroatoms. The molecule has 0 amide bonds. The first kappa shape index (κ1) is 7.72. The minimum atomic E-state index is -1.90. The Morgan fingerprint density at radius 1 is 1.62 bits per heavy atom. The zero-order chi connectivity index (χ0) is 6.62. The van der Waals surface area contributed by atoms with E-state index in [-0.39, 0.29) is 0 Å². The highest BCUT2D eigenvalue weighted by Crippen LogP contribution is 2.35. The number of hydrogen-bond donors (Lipinski definition) is 0. The Morgan fingerprint density at radius 3 is 2.25 bits per heavy atom. The summed E-state index contributed by atoms with van der Waals surface area (Å²) in [5.41, 5.74) is 0. The summed E-state index contributed by atoms with van der Waals surface area (Å²) in [6, 6.07) is 1.95. The van der Waals surface area contributed by atoms with Crippen LogP contribution in [-0.4, -0.2) is 19.5 Å². The molecule has 0 fully saturated rings. The van der Waals surface area contributed by atoms with Crippen LogP contribution in [0, 0.1) is 11.3 Å². The van der Waals surface area contributed by atoms with Gasteiger partial charge in [0.25, 0.3) is 0 Å². The quantitative estimate of drug-likeness (QED) is 0.533. The van der Waals surface area contributed by atoms with Gasteiger partial charge >= 0.3 is 0 Å². The van der Waals surface area contributed by atoms with Gasteiger partial charge in [0, 0.05) is 12.6 Å². The summed E-state index contributed by atoms with van der Waals surface area (Å²) in [5.74, 6) is 0. The Labute approximate surface area is 49.9 Å². The van der Waals surface area contributed by atoms with Crippen LogP contribution in [0.15, 0.2) is 0 Å². The Kier molecular flexibility index (Phi) is 2.79. The topological polar surface area (TPSA) is 40.9 Å². The van der Waals surface area contributed by atoms with Gasteiger partial charge in [-0.15, -0.1) is 0 Å². The standard InChI is InChI=1S/C5H10NOP/c1-8(2,7)5-3-4-6/h3,5H2,1-2H3. The largest absolute Gasteiger partial charge is 0.324 e. The maximum atomic E-state index is 10.8. The monoisotopic (exact) mass is 131 g/mol. The van der Waals surface area contributed by atoms with Crippen LogP contribution in [0.25, 0.3) is 0 Å². The summed E-state index contributed by atoms with van der Waals surface area (Å²) >= 11 is 0. The number of hydrogen-bond acceptors (Lipinski definition) is 2. The van der Waals surface area contributed by atoms with E-state index in [0.717, 1.165) is 0 Å². The molecule has 0 heterocycles. The number of nitrogens with zero attached hydrogens (tertiary/aromatic N) is 1. The van der Waals surface area contributed by atoms with Crippen LogP contribution in [-0.2, 0) is 4.57 Å². The van der Waals surface area contributed by atoms with Crippen molar-refractivity contribution in [2.24, 2.45) is 0 Å². The van der Waals surface area contributed by atoms with Crippen LogP contribution < -0.4 is 0 Å². The van der Waals surface area contributed by atoms with E-state index in [4.69, 9.17) is 5.26 Å². The average molecular weight is 131 g/mol. The lowest BCUT2D eigenvalue weighted by molar-refractivity contribution is 0.582. The maximum absolute atomic E-state index is 10.8. The number of nitriles is 1. The summed E-state index contributed by atoms with van der Waals surface area (Å²) in [7, 11) is -1.90. The molecule has 8 heavy (non-hydrogen) atoms. The molecule has 0 bridgehead atoms. The summed E-state index contributed by atoms with van der Waals surface area (Å²) < 4.78 is 10.8. The minimum absolute atomic E-state index is 0.421. The third-order valence-electron chi connectivity index (χ3n) is 0.762. The van der Waals surface area contributed by atoms with Crippen LogP contribution in [0.5, 0.6) is 0 Å². The minimum Gasteiger partial charge on any atom is -0.324 e. The molecule has 0 aliphatic carbocycles. The molecule has 0 aromatic rings. The van der Waals surface area contributed by atoms with Crippen molar-refractivity contribution in [1.29, 1.82) is 5.26 Å². The zero-order valence-electron chi connectivity index (χ0n) is 5.22. The lowest BCUT2D eigenvalue weighted by Crippen LogP contribution is -1.82. The van der Waals surface area contributed by atoms with Crippen LogP contribution in [0.4, 0.5) is 0 Å². The summed E-state index contributed by atoms with van der Waals surface area (Å²) in [4.78, 5) is 0. The predicted molar refractivity (Wildman–Crippen MR) is 34.6 cm³/mol. The Morgan fingerprint density at radius 2 is 2.12 bits per heavy atom. The molecule has 0 aromatic heterocycles. The van der Waals surface area contributed by atoms with E-state index in [9.17, 15) is 4.57 Å². The molecule has 2 nitrogen and oxygen atoms in total. The first-order valence-corrected chi connectivity index (χ1v) is 5.26. The van der Waals surface area contributed by atoms with Crippen LogP contribution in [0.3, 0.4) is 0 Å². The van der Waals surface area contributed by atoms with Crippen molar-refractivity contribution in [3.05, 3.63) is 0 Å². The van der Waals surface area contributed by atoms with Crippen molar-refractivity contribution < 1.29 is 4.57 Å². The molecule has 0 saturated heterocycles. The first-order chi connectivity index (χ1) is 3.56. The highest BCUT2D eigenvalue weighted by atomic mass is 31.2. The molecular weight excluding hydrogens is 121 g/mol. The third-order valence-corrected chi connectivity index (χ3v) is 2.06. The fourth-order valence-corrected chi connectivity index (χ4v) is 0.958. The third kappa shape index (κ3) is 5.72. The normalized spacial score (nSPS) is 10.6. The lowest BCUT2D eigenvalue weighted by atomic mass is 10.6. The van der Waals surface area contributed by atoms with Gasteiger partial charge in [-0.1, -0.05) is 0 Å². The van der Waals surface area contributed by atoms with E-state index >= 15 is 0 Å². The molecule has 0 radical (unpaired) electrons. The van der Waals surface area contributed by atoms with E-state index < -0.39 is 7.14 Å². The van der Waals surface area contributed by atoms with E-state index in [0.29, 0.717) is 12.6 Å². The predicted octanol–water partition coefficient (Wildman–Crippen LogP) is 1.52. The SMILES string of the molecule is CP(C)(=O)CCC#N. The Balaban J connectivity index is 3.45. The van der Waals surface area contributed by atoms with Crippen molar-refractivity contribution >= 4 is 7.14 Å². The smallest absolute Gasteiger partial charge is 0.0829 e. The van der Waals surface area contributed by atoms with Gasteiger partial charge in [0.05, 0.1) is 13.2 Å². The van der Waals surface area contributed by atoms with Crippen molar-refractivity contribution in [3.63, 3.8) is 0 Å². The van der Waals surface area contributed by atoms with Gasteiger partial charge in [0.15, 0.2) is 0 Å². The van der Waals surface area contributed by atoms with E-state index in [1.165, 1.54) is 0 Å². The summed E-state index contributed by atoms with van der Waals surface area (Å²) in [6.07, 6.45) is 0.980. The van der Waals surface area contributed by atoms with Crippen LogP contribution in [0.2, 0.25) is 0 Å². The van der Waals surface area contributed by atoms with E-state index in [2.05, 4.69) is 0 Å². The lowest BCUT2D eigenvalue weighted by Gasteiger charge is -1.98. The molecule has 0 aliphatic rings. The van der Waals surface area contributed by atoms with Crippen molar-refractivity contribution in [2.45, 2.75) is 6.42 Å². The molecule has 0 aliphatic heterocycles. The van der Waals surface area contributed by atoms with E-state index in [1.54, 1.807) is 13.3 Å². The van der Waals surface area contributed by atoms with Crippen LogP contribution in [0.1, 0.15) is 6.42 Å². The summed E-state index contributed by atoms with van der Waals surface area (Å²) in [5, 5.41) is 8.06. The van der Waals surface area contributed by atoms with Crippen LogP contribution >= 0.6 is 7.14 Å². The fourth-order valence-electron chi connectivity index (χ4n) is 0.319. The van der Waals surface area contributed by atoms with Crippen molar-refractivity contribution in [1.82, 2.24) is 0 Å². The molecule has 0 atom stereocenters. The molecule has 0 spiro atoms. The molecule has 0 N–H and O–H groups in total. The summed E-state index contributed by atoms with van der Waals surface area (Å²) in [6.45, 7) is 3.40. The van der Waals surface area contributed by atoms with Gasteiger partial charge in [0.2, 0.25) is 0 Å². The van der Waals surface area contributed by atoms with Crippen molar-refractivity contribution in [2.75, 3.05) is 19.5 Å². The Bertz CT molecular complexity index is 141. The fraction of sp³-hybridized carbons (Fsp3) is 0.800. The van der Waals surface area contributed by atoms with Gasteiger partial charge in [-0.25, -0.2) is 0 Å². The van der Waals surface area contributed by atoms with E-state index in [1.807, 2.05) is 6.07 Å². The van der Waals surface area contributed by atoms with Gasteiger partial charge < -0.3 is 4.57 Å². The maximum Gasteiger partial charge on any atom is 0.0829 e.